The second-order valence-corrected chi connectivity index (χ2v) is 4.63. The maximum absolute atomic E-state index is 11.7. The van der Waals surface area contributed by atoms with Gasteiger partial charge in [-0.3, -0.25) is 9.69 Å². The summed E-state index contributed by atoms with van der Waals surface area (Å²) in [4.78, 5) is 13.7. The molecule has 0 aromatic heterocycles. The maximum Gasteiger partial charge on any atom is 0.325 e. The zero-order chi connectivity index (χ0) is 15.1. The Morgan fingerprint density at radius 3 is 2.90 bits per heavy atom. The van der Waals surface area contributed by atoms with E-state index in [2.05, 4.69) is 6.07 Å². The predicted octanol–water partition coefficient (Wildman–Crippen LogP) is 0.811. The quantitative estimate of drug-likeness (QED) is 0.747. The largest absolute Gasteiger partial charge is 0.492 e. The van der Waals surface area contributed by atoms with Gasteiger partial charge >= 0.3 is 5.97 Å². The smallest absolute Gasteiger partial charge is 0.325 e. The van der Waals surface area contributed by atoms with E-state index in [9.17, 15) is 4.79 Å². The summed E-state index contributed by atoms with van der Waals surface area (Å²) >= 11 is 0. The van der Waals surface area contributed by atoms with Gasteiger partial charge in [-0.2, -0.15) is 5.26 Å². The number of ether oxygens (including phenoxy) is 3. The molecular formula is C15H18N2O4. The minimum Gasteiger partial charge on any atom is -0.492 e. The fraction of sp³-hybridized carbons (Fsp3) is 0.467. The molecule has 1 aliphatic rings. The SMILES string of the molecule is COC(=O)C1COCCN1CCOc1ccc(C#N)cc1. The lowest BCUT2D eigenvalue weighted by molar-refractivity contribution is -0.153. The maximum atomic E-state index is 11.7. The Labute approximate surface area is 123 Å². The first-order chi connectivity index (χ1) is 10.2. The van der Waals surface area contributed by atoms with E-state index in [0.29, 0.717) is 44.2 Å². The van der Waals surface area contributed by atoms with Crippen LogP contribution in [-0.2, 0) is 14.3 Å². The third-order valence-corrected chi connectivity index (χ3v) is 3.34. The molecule has 6 nitrogen and oxygen atoms in total. The third-order valence-electron chi connectivity index (χ3n) is 3.34. The molecule has 1 aliphatic heterocycles. The standard InChI is InChI=1S/C15H18N2O4/c1-19-15(18)14-11-20-8-6-17(14)7-9-21-13-4-2-12(10-16)3-5-13/h2-5,14H,6-9,11H2,1H3. The lowest BCUT2D eigenvalue weighted by atomic mass is 10.2. The van der Waals surface area contributed by atoms with Crippen molar-refractivity contribution in [3.05, 3.63) is 29.8 Å². The predicted molar refractivity (Wildman–Crippen MR) is 74.8 cm³/mol. The molecule has 0 bridgehead atoms. The van der Waals surface area contributed by atoms with E-state index in [1.807, 2.05) is 4.90 Å². The molecule has 21 heavy (non-hydrogen) atoms. The van der Waals surface area contributed by atoms with Crippen molar-refractivity contribution in [2.75, 3.05) is 40.0 Å². The molecule has 0 aliphatic carbocycles. The zero-order valence-electron chi connectivity index (χ0n) is 11.9. The van der Waals surface area contributed by atoms with Crippen LogP contribution >= 0.6 is 0 Å². The van der Waals surface area contributed by atoms with Crippen molar-refractivity contribution in [3.8, 4) is 11.8 Å². The third kappa shape index (κ3) is 4.18. The van der Waals surface area contributed by atoms with Crippen LogP contribution in [0.25, 0.3) is 0 Å². The molecule has 0 amide bonds. The first-order valence-electron chi connectivity index (χ1n) is 6.77. The van der Waals surface area contributed by atoms with E-state index in [1.54, 1.807) is 24.3 Å². The first-order valence-corrected chi connectivity index (χ1v) is 6.77. The number of methoxy groups -OCH3 is 1. The summed E-state index contributed by atoms with van der Waals surface area (Å²) < 4.78 is 15.7. The van der Waals surface area contributed by atoms with Crippen LogP contribution in [0.3, 0.4) is 0 Å². The fourth-order valence-corrected chi connectivity index (χ4v) is 2.17. The van der Waals surface area contributed by atoms with Gasteiger partial charge in [0, 0.05) is 13.1 Å². The molecule has 1 heterocycles. The van der Waals surface area contributed by atoms with Gasteiger partial charge in [-0.05, 0) is 24.3 Å². The van der Waals surface area contributed by atoms with Crippen molar-refractivity contribution in [2.45, 2.75) is 6.04 Å². The molecule has 0 N–H and O–H groups in total. The molecule has 0 saturated carbocycles. The lowest BCUT2D eigenvalue weighted by Gasteiger charge is -2.33. The van der Waals surface area contributed by atoms with Gasteiger partial charge in [0.25, 0.3) is 0 Å². The van der Waals surface area contributed by atoms with Crippen molar-refractivity contribution in [2.24, 2.45) is 0 Å². The van der Waals surface area contributed by atoms with E-state index in [0.717, 1.165) is 0 Å². The van der Waals surface area contributed by atoms with Gasteiger partial charge in [-0.1, -0.05) is 0 Å². The second kappa shape index (κ2) is 7.62. The number of carbonyl (C=O) groups excluding carboxylic acids is 1. The lowest BCUT2D eigenvalue weighted by Crippen LogP contribution is -2.51. The van der Waals surface area contributed by atoms with Crippen molar-refractivity contribution in [3.63, 3.8) is 0 Å². The van der Waals surface area contributed by atoms with Crippen molar-refractivity contribution >= 4 is 5.97 Å². The van der Waals surface area contributed by atoms with Gasteiger partial charge in [0.1, 0.15) is 18.4 Å². The Bertz CT molecular complexity index is 509. The van der Waals surface area contributed by atoms with E-state index in [4.69, 9.17) is 19.5 Å². The molecule has 1 atom stereocenters. The first kappa shape index (κ1) is 15.3. The van der Waals surface area contributed by atoms with Crippen molar-refractivity contribution < 1.29 is 19.0 Å². The number of rotatable bonds is 5. The van der Waals surface area contributed by atoms with Gasteiger partial charge in [0.2, 0.25) is 0 Å². The van der Waals surface area contributed by atoms with Crippen LogP contribution in [-0.4, -0.2) is 56.9 Å². The van der Waals surface area contributed by atoms with Crippen molar-refractivity contribution in [1.29, 1.82) is 5.26 Å². The number of esters is 1. The van der Waals surface area contributed by atoms with Crippen LogP contribution in [0.5, 0.6) is 5.75 Å². The summed E-state index contributed by atoms with van der Waals surface area (Å²) in [7, 11) is 1.38. The Kier molecular flexibility index (Phi) is 5.55. The summed E-state index contributed by atoms with van der Waals surface area (Å²) in [5.41, 5.74) is 0.598. The minimum atomic E-state index is -0.367. The number of nitriles is 1. The highest BCUT2D eigenvalue weighted by atomic mass is 16.5. The summed E-state index contributed by atoms with van der Waals surface area (Å²) in [5.74, 6) is 0.421. The Balaban J connectivity index is 1.83. The molecule has 112 valence electrons. The number of benzene rings is 1. The molecule has 0 spiro atoms. The summed E-state index contributed by atoms with van der Waals surface area (Å²) in [6.07, 6.45) is 0. The Morgan fingerprint density at radius 1 is 1.48 bits per heavy atom. The van der Waals surface area contributed by atoms with Crippen LogP contribution in [0.1, 0.15) is 5.56 Å². The fourth-order valence-electron chi connectivity index (χ4n) is 2.17. The van der Waals surface area contributed by atoms with Crippen molar-refractivity contribution in [1.82, 2.24) is 4.90 Å². The molecule has 1 fully saturated rings. The Hall–Kier alpha value is -2.10. The topological polar surface area (TPSA) is 71.8 Å². The Morgan fingerprint density at radius 2 is 2.24 bits per heavy atom. The normalized spacial score (nSPS) is 18.8. The molecule has 1 aromatic rings. The number of nitrogens with zero attached hydrogens (tertiary/aromatic N) is 2. The van der Waals surface area contributed by atoms with Gasteiger partial charge in [0.05, 0.1) is 32.0 Å². The average Bonchev–Trinajstić information content (AvgIpc) is 2.55. The van der Waals surface area contributed by atoms with Crippen LogP contribution in [0.4, 0.5) is 0 Å². The molecule has 6 heteroatoms. The van der Waals surface area contributed by atoms with Gasteiger partial charge in [-0.15, -0.1) is 0 Å². The molecular weight excluding hydrogens is 272 g/mol. The highest BCUT2D eigenvalue weighted by Crippen LogP contribution is 2.13. The monoisotopic (exact) mass is 290 g/mol. The number of hydrogen-bond donors (Lipinski definition) is 0. The molecule has 1 aromatic carbocycles. The van der Waals surface area contributed by atoms with Gasteiger partial charge < -0.3 is 14.2 Å². The van der Waals surface area contributed by atoms with E-state index < -0.39 is 0 Å². The van der Waals surface area contributed by atoms with E-state index >= 15 is 0 Å². The van der Waals surface area contributed by atoms with E-state index in [1.165, 1.54) is 7.11 Å². The zero-order valence-corrected chi connectivity index (χ0v) is 11.9. The second-order valence-electron chi connectivity index (χ2n) is 4.63. The summed E-state index contributed by atoms with van der Waals surface area (Å²) in [5, 5.41) is 8.73. The van der Waals surface area contributed by atoms with Crippen LogP contribution < -0.4 is 4.74 Å². The molecule has 1 unspecified atom stereocenters. The van der Waals surface area contributed by atoms with Crippen LogP contribution in [0, 0.1) is 11.3 Å². The molecule has 0 radical (unpaired) electrons. The van der Waals surface area contributed by atoms with E-state index in [-0.39, 0.29) is 12.0 Å². The number of morpholine rings is 1. The average molecular weight is 290 g/mol. The van der Waals surface area contributed by atoms with Crippen LogP contribution in [0.2, 0.25) is 0 Å². The van der Waals surface area contributed by atoms with Gasteiger partial charge in [-0.25, -0.2) is 0 Å². The number of carbonyl (C=O) groups is 1. The molecule has 1 saturated heterocycles. The highest BCUT2D eigenvalue weighted by molar-refractivity contribution is 5.75. The highest BCUT2D eigenvalue weighted by Gasteiger charge is 2.29. The summed E-state index contributed by atoms with van der Waals surface area (Å²) in [6, 6.07) is 8.63. The molecule has 2 rings (SSSR count). The summed E-state index contributed by atoms with van der Waals surface area (Å²) in [6.45, 7) is 2.70. The number of hydrogen-bond acceptors (Lipinski definition) is 6. The van der Waals surface area contributed by atoms with Gasteiger partial charge in [0.15, 0.2) is 0 Å². The minimum absolute atomic E-state index is 0.284. The van der Waals surface area contributed by atoms with Crippen LogP contribution in [0.15, 0.2) is 24.3 Å².